The number of hydrogen-bond acceptors (Lipinski definition) is 32. The zero-order valence-electron chi connectivity index (χ0n) is 59.5. The second-order valence-corrected chi connectivity index (χ2v) is 30.1. The molecule has 110 heavy (non-hydrogen) atoms. The lowest BCUT2D eigenvalue weighted by molar-refractivity contribution is -0.122. The molecule has 42 heteroatoms. The van der Waals surface area contributed by atoms with Crippen LogP contribution in [0.4, 0.5) is 34.1 Å². The predicted octanol–water partition coefficient (Wildman–Crippen LogP) is 6.03. The lowest BCUT2D eigenvalue weighted by atomic mass is 10.3. The molecule has 2 saturated heterocycles. The molecular formula is C68H75ClN8O27S6. The van der Waals surface area contributed by atoms with Crippen LogP contribution in [0, 0.1) is 0 Å². The van der Waals surface area contributed by atoms with Crippen LogP contribution in [0.2, 0.25) is 0 Å². The van der Waals surface area contributed by atoms with Crippen molar-refractivity contribution < 1.29 is 121 Å². The normalized spacial score (nSPS) is 15.7. The van der Waals surface area contributed by atoms with Crippen LogP contribution >= 0.6 is 34.2 Å². The average Bonchev–Trinajstić information content (AvgIpc) is 1.67. The van der Waals surface area contributed by atoms with Gasteiger partial charge in [-0.05, 0) is 104 Å². The van der Waals surface area contributed by atoms with Gasteiger partial charge < -0.3 is 43.7 Å². The molecule has 592 valence electrons. The number of imide groups is 5. The number of anilines is 6. The molecule has 6 aromatic carbocycles. The van der Waals surface area contributed by atoms with E-state index in [4.69, 9.17) is 35.6 Å². The number of rotatable bonds is 21. The summed E-state index contributed by atoms with van der Waals surface area (Å²) in [6.45, 7) is 9.62. The number of nitrogen functional groups attached to an aromatic ring is 1. The maximum absolute atomic E-state index is 12.3. The first-order valence-electron chi connectivity index (χ1n) is 31.7. The number of benzene rings is 6. The minimum absolute atomic E-state index is 0.0231. The van der Waals surface area contributed by atoms with Crippen molar-refractivity contribution in [2.24, 2.45) is 5.73 Å². The Balaban J connectivity index is 0.000000278. The van der Waals surface area contributed by atoms with Gasteiger partial charge in [-0.15, -0.1) is 23.5 Å². The summed E-state index contributed by atoms with van der Waals surface area (Å²) < 4.78 is 120. The Kier molecular flexibility index (Phi) is 36.4. The van der Waals surface area contributed by atoms with E-state index < -0.39 is 74.7 Å². The summed E-state index contributed by atoms with van der Waals surface area (Å²) in [5.41, 5.74) is 12.1. The van der Waals surface area contributed by atoms with Crippen LogP contribution in [0.25, 0.3) is 0 Å². The minimum Gasteiger partial charge on any atom is -0.508 e. The fourth-order valence-electron chi connectivity index (χ4n) is 8.80. The first kappa shape index (κ1) is 91.8. The highest BCUT2D eigenvalue weighted by Crippen LogP contribution is 2.34. The third kappa shape index (κ3) is 29.1. The number of phenolic OH excluding ortho intramolecular Hbond substituents is 2. The molecule has 5 aliphatic heterocycles. The molecule has 0 spiro atoms. The number of aromatic hydroxyl groups is 2. The van der Waals surface area contributed by atoms with E-state index in [2.05, 4.69) is 33.2 Å². The van der Waals surface area contributed by atoms with Gasteiger partial charge in [0.05, 0.1) is 70.9 Å². The molecular weight excluding hydrogens is 1590 g/mol. The van der Waals surface area contributed by atoms with Crippen molar-refractivity contribution in [2.75, 3.05) is 83.2 Å². The second kappa shape index (κ2) is 43.6. The molecule has 2 unspecified atom stereocenters. The number of amides is 10. The molecule has 0 aromatic heterocycles. The van der Waals surface area contributed by atoms with E-state index in [-0.39, 0.29) is 106 Å². The van der Waals surface area contributed by atoms with E-state index in [1.165, 1.54) is 139 Å². The van der Waals surface area contributed by atoms with Crippen molar-refractivity contribution in [3.63, 3.8) is 0 Å². The number of nitrogens with one attached hydrogen (secondary N) is 1. The van der Waals surface area contributed by atoms with Gasteiger partial charge >= 0.3 is 40.5 Å². The van der Waals surface area contributed by atoms with Gasteiger partial charge in [0.2, 0.25) is 23.6 Å². The van der Waals surface area contributed by atoms with Gasteiger partial charge in [-0.2, -0.15) is 33.7 Å². The number of halogens is 1. The third-order valence-electron chi connectivity index (χ3n) is 13.4. The van der Waals surface area contributed by atoms with Crippen molar-refractivity contribution >= 4 is 168 Å². The van der Waals surface area contributed by atoms with E-state index in [9.17, 15) is 86.7 Å². The van der Waals surface area contributed by atoms with Crippen molar-refractivity contribution in [1.29, 1.82) is 0 Å². The molecule has 7 N–H and O–H groups in total. The Morgan fingerprint density at radius 2 is 0.682 bits per heavy atom. The summed E-state index contributed by atoms with van der Waals surface area (Å²) in [4.78, 5) is 122. The highest BCUT2D eigenvalue weighted by atomic mass is 35.7. The van der Waals surface area contributed by atoms with Crippen LogP contribution in [0.3, 0.4) is 0 Å². The first-order chi connectivity index (χ1) is 51.8. The van der Waals surface area contributed by atoms with Crippen molar-refractivity contribution in [3.8, 4) is 34.5 Å². The SMILES string of the molecule is CCN.CCNC.CCSC1CC(=O)N(c2cccc(OS(=O)(=O)OC)c2)C1=O.CCSC1CC(=O)N(c2cccc(OS(=O)(=O)OC)c2)C1=O.COS(=O)(=O)Oc1cccc(N2C(=O)C=CC2=O)c1.Nc1cccc(O)c1.O=C1C=CC(=O)N1c1cccc(O)c1.O=C1C=CC(=O)N1c1cccc(OS(=O)(=O)Cl)c1. The molecule has 6 aromatic rings. The largest absolute Gasteiger partial charge is 0.508 e. The highest BCUT2D eigenvalue weighted by molar-refractivity contribution is 8.10. The molecule has 10 amide bonds. The zero-order valence-corrected chi connectivity index (χ0v) is 65.2. The van der Waals surface area contributed by atoms with Crippen LogP contribution in [0.1, 0.15) is 40.5 Å². The van der Waals surface area contributed by atoms with Gasteiger partial charge in [0, 0.05) is 91.4 Å². The summed E-state index contributed by atoms with van der Waals surface area (Å²) in [5.74, 6) is -2.57. The molecule has 5 aliphatic rings. The first-order valence-corrected chi connectivity index (χ1v) is 40.1. The van der Waals surface area contributed by atoms with E-state index in [1.807, 2.05) is 27.8 Å². The molecule has 2 fully saturated rings. The highest BCUT2D eigenvalue weighted by Gasteiger charge is 2.41. The number of carbonyl (C=O) groups excluding carboxylic acids is 10. The van der Waals surface area contributed by atoms with Gasteiger partial charge in [0.1, 0.15) is 34.5 Å². The fourth-order valence-corrected chi connectivity index (χ4v) is 12.4. The summed E-state index contributed by atoms with van der Waals surface area (Å²) in [5, 5.41) is 20.0. The van der Waals surface area contributed by atoms with Crippen molar-refractivity contribution in [2.45, 2.75) is 51.0 Å². The Morgan fingerprint density at radius 3 is 0.918 bits per heavy atom. The second-order valence-electron chi connectivity index (χ2n) is 21.1. The van der Waals surface area contributed by atoms with E-state index in [0.29, 0.717) is 11.4 Å². The van der Waals surface area contributed by atoms with Crippen LogP contribution in [-0.4, -0.2) is 166 Å². The topological polar surface area (TPSA) is 493 Å². The number of nitrogens with zero attached hydrogens (tertiary/aromatic N) is 5. The summed E-state index contributed by atoms with van der Waals surface area (Å²) in [6, 6.07) is 35.0. The molecule has 5 heterocycles. The quantitative estimate of drug-likeness (QED) is 0.0312. The third-order valence-corrected chi connectivity index (χ3v) is 18.6. The fraction of sp³-hybridized carbons (Fsp3) is 0.235. The number of thioether (sulfide) groups is 2. The molecule has 0 radical (unpaired) electrons. The summed E-state index contributed by atoms with van der Waals surface area (Å²) >= 11 is 2.82. The Labute approximate surface area is 646 Å². The maximum Gasteiger partial charge on any atom is 0.448 e. The molecule has 0 aliphatic carbocycles. The standard InChI is InChI=1S/2C13H15NO6S2.C11H9NO6S.C10H6ClNO5S.C10H7NO3.C6H7NO.C3H9N.C2H7N/c2*1-3-21-11-8-12(15)14(13(11)16)9-5-4-6-10(7-9)20-22(17,18)19-2;1-17-19(15,16)18-9-4-2-3-8(7-9)12-10(13)5-6-11(12)14;11-18(15,16)17-8-3-1-2-7(6-8)12-9(13)4-5-10(12)14;12-8-3-1-2-7(6-8)11-9(13)4-5-10(11)14;7-5-2-1-3-6(8)4-5;1-3-4-2;1-2-3/h2*4-7,11H,3,8H2,1-2H3;2-7H,1H3;1-6H;1-6,12H;1-4,8H,7H2;4H,3H2,1-2H3;2-3H2,1H3. The van der Waals surface area contributed by atoms with Crippen LogP contribution in [-0.2, 0) is 101 Å². The lowest BCUT2D eigenvalue weighted by Gasteiger charge is -2.15. The van der Waals surface area contributed by atoms with Crippen LogP contribution in [0.15, 0.2) is 182 Å². The van der Waals surface area contributed by atoms with Gasteiger partial charge in [-0.1, -0.05) is 64.1 Å². The number of carbonyl (C=O) groups is 10. The molecule has 0 saturated carbocycles. The maximum atomic E-state index is 12.3. The molecule has 35 nitrogen and oxygen atoms in total. The van der Waals surface area contributed by atoms with Crippen LogP contribution < -0.4 is 58.0 Å². The predicted molar refractivity (Wildman–Crippen MR) is 409 cm³/mol. The average molecular weight is 1660 g/mol. The summed E-state index contributed by atoms with van der Waals surface area (Å²) in [7, 11) is -6.87. The molecule has 11 rings (SSSR count). The Hall–Kier alpha value is -10.6. The number of hydrogen-bond donors (Lipinski definition) is 5. The zero-order chi connectivity index (χ0) is 82.3. The van der Waals surface area contributed by atoms with E-state index >= 15 is 0 Å². The summed E-state index contributed by atoms with van der Waals surface area (Å²) in [6.07, 6.45) is 7.17. The van der Waals surface area contributed by atoms with Gasteiger partial charge in [0.15, 0.2) is 0 Å². The van der Waals surface area contributed by atoms with Gasteiger partial charge in [-0.3, -0.25) is 47.9 Å². The molecule has 0 bridgehead atoms. The van der Waals surface area contributed by atoms with Gasteiger partial charge in [0.25, 0.3) is 35.4 Å². The van der Waals surface area contributed by atoms with E-state index in [1.54, 1.807) is 42.5 Å². The Bertz CT molecular complexity index is 4700. The van der Waals surface area contributed by atoms with E-state index in [0.717, 1.165) is 94.7 Å². The monoisotopic (exact) mass is 1660 g/mol. The Morgan fingerprint density at radius 1 is 0.427 bits per heavy atom. The minimum atomic E-state index is -4.18. The number of nitrogens with two attached hydrogens (primary N) is 2. The lowest BCUT2D eigenvalue weighted by Crippen LogP contribution is -2.31. The molecule has 2 atom stereocenters. The van der Waals surface area contributed by atoms with Gasteiger partial charge in [-0.25, -0.2) is 37.0 Å². The number of phenols is 2. The van der Waals surface area contributed by atoms with Crippen molar-refractivity contribution in [3.05, 3.63) is 182 Å². The van der Waals surface area contributed by atoms with Crippen LogP contribution in [0.5, 0.6) is 34.5 Å². The van der Waals surface area contributed by atoms with Crippen molar-refractivity contribution in [1.82, 2.24) is 5.32 Å². The smallest absolute Gasteiger partial charge is 0.448 e.